The Balaban J connectivity index is 2.54. The summed E-state index contributed by atoms with van der Waals surface area (Å²) < 4.78 is 2.32. The lowest BCUT2D eigenvalue weighted by Crippen LogP contribution is -2.12. The molecule has 0 saturated carbocycles. The normalized spacial score (nSPS) is 13.6. The van der Waals surface area contributed by atoms with Gasteiger partial charge in [0.15, 0.2) is 0 Å². The summed E-state index contributed by atoms with van der Waals surface area (Å²) in [5, 5.41) is 4.60. The molecule has 2 rings (SSSR count). The minimum absolute atomic E-state index is 0.403. The maximum atomic E-state index is 3.28. The number of fused-ring (bicyclic) bond motifs is 1. The summed E-state index contributed by atoms with van der Waals surface area (Å²) in [6.07, 6.45) is 2.17. The van der Waals surface area contributed by atoms with E-state index < -0.39 is 0 Å². The van der Waals surface area contributed by atoms with Gasteiger partial charge < -0.3 is 9.88 Å². The zero-order valence-electron chi connectivity index (χ0n) is 10.5. The van der Waals surface area contributed by atoms with Crippen molar-refractivity contribution in [2.45, 2.75) is 32.9 Å². The summed E-state index contributed by atoms with van der Waals surface area (Å²) in [7, 11) is 2.00. The second-order valence-corrected chi connectivity index (χ2v) is 4.65. The maximum Gasteiger partial charge on any atom is 0.0486 e. The van der Waals surface area contributed by atoms with Gasteiger partial charge in [-0.15, -0.1) is 0 Å². The smallest absolute Gasteiger partial charge is 0.0486 e. The lowest BCUT2D eigenvalue weighted by atomic mass is 10.1. The first kappa shape index (κ1) is 11.2. The average Bonchev–Trinajstić information content (AvgIpc) is 2.70. The molecule has 0 radical (unpaired) electrons. The fourth-order valence-electron chi connectivity index (χ4n) is 2.05. The fraction of sp³-hybridized carbons (Fsp3) is 0.429. The molecule has 1 heterocycles. The number of hydrogen-bond acceptors (Lipinski definition) is 1. The van der Waals surface area contributed by atoms with Crippen molar-refractivity contribution in [1.29, 1.82) is 0 Å². The zero-order valence-corrected chi connectivity index (χ0v) is 10.5. The molecule has 0 aliphatic carbocycles. The van der Waals surface area contributed by atoms with Crippen LogP contribution in [0.1, 0.15) is 38.4 Å². The van der Waals surface area contributed by atoms with Gasteiger partial charge >= 0.3 is 0 Å². The van der Waals surface area contributed by atoms with Gasteiger partial charge in [0.05, 0.1) is 0 Å². The van der Waals surface area contributed by atoms with E-state index in [1.54, 1.807) is 0 Å². The van der Waals surface area contributed by atoms with E-state index in [1.165, 1.54) is 16.5 Å². The number of rotatable bonds is 3. The van der Waals surface area contributed by atoms with E-state index in [0.717, 1.165) is 0 Å². The molecule has 1 atom stereocenters. The minimum atomic E-state index is 0.403. The van der Waals surface area contributed by atoms with Gasteiger partial charge in [0.25, 0.3) is 0 Å². The summed E-state index contributed by atoms with van der Waals surface area (Å²) in [4.78, 5) is 0. The largest absolute Gasteiger partial charge is 0.345 e. The summed E-state index contributed by atoms with van der Waals surface area (Å²) in [6.45, 7) is 6.62. The van der Waals surface area contributed by atoms with Crippen LogP contribution in [-0.4, -0.2) is 11.6 Å². The Kier molecular flexibility index (Phi) is 3.01. The highest BCUT2D eigenvalue weighted by molar-refractivity contribution is 5.81. The van der Waals surface area contributed by atoms with Gasteiger partial charge in [0.1, 0.15) is 0 Å². The van der Waals surface area contributed by atoms with Gasteiger partial charge in [-0.25, -0.2) is 0 Å². The molecule has 0 saturated heterocycles. The van der Waals surface area contributed by atoms with E-state index in [4.69, 9.17) is 0 Å². The number of aromatic nitrogens is 1. The molecule has 0 aliphatic rings. The van der Waals surface area contributed by atoms with Crippen molar-refractivity contribution in [3.05, 3.63) is 36.0 Å². The van der Waals surface area contributed by atoms with Crippen LogP contribution in [0.25, 0.3) is 10.9 Å². The van der Waals surface area contributed by atoms with Crippen molar-refractivity contribution < 1.29 is 0 Å². The molecule has 16 heavy (non-hydrogen) atoms. The minimum Gasteiger partial charge on any atom is -0.345 e. The van der Waals surface area contributed by atoms with Crippen molar-refractivity contribution in [1.82, 2.24) is 9.88 Å². The van der Waals surface area contributed by atoms with Crippen LogP contribution in [0, 0.1) is 0 Å². The molecule has 2 nitrogen and oxygen atoms in total. The Morgan fingerprint density at radius 1 is 1.12 bits per heavy atom. The monoisotopic (exact) mass is 216 g/mol. The SMILES string of the molecule is CNC(C)c1ccc2ccn(C(C)C)c2c1. The first-order valence-corrected chi connectivity index (χ1v) is 5.91. The van der Waals surface area contributed by atoms with E-state index in [9.17, 15) is 0 Å². The first-order chi connectivity index (χ1) is 7.63. The van der Waals surface area contributed by atoms with Crippen LogP contribution < -0.4 is 5.32 Å². The van der Waals surface area contributed by atoms with Gasteiger partial charge in [-0.3, -0.25) is 0 Å². The van der Waals surface area contributed by atoms with Gasteiger partial charge in [0, 0.05) is 23.8 Å². The molecule has 0 amide bonds. The van der Waals surface area contributed by atoms with Crippen molar-refractivity contribution in [3.8, 4) is 0 Å². The van der Waals surface area contributed by atoms with Crippen LogP contribution in [0.2, 0.25) is 0 Å². The third-order valence-corrected chi connectivity index (χ3v) is 3.24. The lowest BCUT2D eigenvalue weighted by Gasteiger charge is -2.13. The molecule has 1 N–H and O–H groups in total. The van der Waals surface area contributed by atoms with Gasteiger partial charge in [-0.1, -0.05) is 12.1 Å². The molecule has 86 valence electrons. The Hall–Kier alpha value is -1.28. The quantitative estimate of drug-likeness (QED) is 0.831. The van der Waals surface area contributed by atoms with Crippen LogP contribution in [0.5, 0.6) is 0 Å². The maximum absolute atomic E-state index is 3.28. The van der Waals surface area contributed by atoms with Gasteiger partial charge in [-0.2, -0.15) is 0 Å². The van der Waals surface area contributed by atoms with Crippen molar-refractivity contribution in [2.75, 3.05) is 7.05 Å². The predicted molar refractivity (Wildman–Crippen MR) is 69.8 cm³/mol. The van der Waals surface area contributed by atoms with Crippen molar-refractivity contribution >= 4 is 10.9 Å². The van der Waals surface area contributed by atoms with Crippen LogP contribution in [-0.2, 0) is 0 Å². The Morgan fingerprint density at radius 3 is 2.50 bits per heavy atom. The molecule has 0 aliphatic heterocycles. The second kappa shape index (κ2) is 4.30. The van der Waals surface area contributed by atoms with E-state index in [-0.39, 0.29) is 0 Å². The second-order valence-electron chi connectivity index (χ2n) is 4.65. The molecule has 0 spiro atoms. The molecule has 1 aromatic carbocycles. The Bertz CT molecular complexity index is 482. The molecule has 1 aromatic heterocycles. The van der Waals surface area contributed by atoms with E-state index in [0.29, 0.717) is 12.1 Å². The average molecular weight is 216 g/mol. The highest BCUT2D eigenvalue weighted by Crippen LogP contribution is 2.23. The first-order valence-electron chi connectivity index (χ1n) is 5.91. The van der Waals surface area contributed by atoms with Gasteiger partial charge in [-0.05, 0) is 50.9 Å². The zero-order chi connectivity index (χ0) is 11.7. The Morgan fingerprint density at radius 2 is 1.88 bits per heavy atom. The fourth-order valence-corrected chi connectivity index (χ4v) is 2.05. The molecule has 2 heteroatoms. The third-order valence-electron chi connectivity index (χ3n) is 3.24. The number of benzene rings is 1. The third kappa shape index (κ3) is 1.85. The Labute approximate surface area is 97.3 Å². The molecule has 0 bridgehead atoms. The van der Waals surface area contributed by atoms with E-state index in [1.807, 2.05) is 7.05 Å². The van der Waals surface area contributed by atoms with Crippen LogP contribution in [0.15, 0.2) is 30.5 Å². The summed E-state index contributed by atoms with van der Waals surface area (Å²) >= 11 is 0. The van der Waals surface area contributed by atoms with Crippen LogP contribution in [0.3, 0.4) is 0 Å². The van der Waals surface area contributed by atoms with Crippen molar-refractivity contribution in [2.24, 2.45) is 0 Å². The topological polar surface area (TPSA) is 17.0 Å². The summed E-state index contributed by atoms with van der Waals surface area (Å²) in [5.41, 5.74) is 2.67. The molecular weight excluding hydrogens is 196 g/mol. The van der Waals surface area contributed by atoms with Crippen LogP contribution in [0.4, 0.5) is 0 Å². The van der Waals surface area contributed by atoms with Gasteiger partial charge in [0.2, 0.25) is 0 Å². The molecule has 1 unspecified atom stereocenters. The molecular formula is C14H20N2. The number of hydrogen-bond donors (Lipinski definition) is 1. The summed E-state index contributed by atoms with van der Waals surface area (Å²) in [6, 6.07) is 9.79. The summed E-state index contributed by atoms with van der Waals surface area (Å²) in [5.74, 6) is 0. The van der Waals surface area contributed by atoms with E-state index >= 15 is 0 Å². The predicted octanol–water partition coefficient (Wildman–Crippen LogP) is 3.50. The number of nitrogens with one attached hydrogen (secondary N) is 1. The molecule has 0 fully saturated rings. The lowest BCUT2D eigenvalue weighted by molar-refractivity contribution is 0.620. The highest BCUT2D eigenvalue weighted by atomic mass is 15.0. The standard InChI is InChI=1S/C14H20N2/c1-10(2)16-8-7-12-5-6-13(9-14(12)16)11(3)15-4/h5-11,15H,1-4H3. The number of nitrogens with zero attached hydrogens (tertiary/aromatic N) is 1. The van der Waals surface area contributed by atoms with Crippen molar-refractivity contribution in [3.63, 3.8) is 0 Å². The highest BCUT2D eigenvalue weighted by Gasteiger charge is 2.07. The van der Waals surface area contributed by atoms with E-state index in [2.05, 4.69) is 61.1 Å². The molecule has 2 aromatic rings. The van der Waals surface area contributed by atoms with Crippen LogP contribution >= 0.6 is 0 Å².